The molecule has 102 valence electrons. The average Bonchev–Trinajstić information content (AvgIpc) is 2.79. The van der Waals surface area contributed by atoms with Crippen LogP contribution in [0.4, 0.5) is 0 Å². The van der Waals surface area contributed by atoms with Crippen LogP contribution in [0.3, 0.4) is 0 Å². The van der Waals surface area contributed by atoms with Gasteiger partial charge in [0.05, 0.1) is 13.2 Å². The fourth-order valence-corrected chi connectivity index (χ4v) is 1.75. The van der Waals surface area contributed by atoms with E-state index in [9.17, 15) is 0 Å². The maximum Gasteiger partial charge on any atom is 0.0514 e. The van der Waals surface area contributed by atoms with Gasteiger partial charge in [0.1, 0.15) is 0 Å². The van der Waals surface area contributed by atoms with Gasteiger partial charge in [0, 0.05) is 13.2 Å². The summed E-state index contributed by atoms with van der Waals surface area (Å²) in [7, 11) is 0. The minimum atomic E-state index is 0.285. The third kappa shape index (κ3) is 7.77. The molecular formula is C15H30O2. The van der Waals surface area contributed by atoms with Gasteiger partial charge in [-0.2, -0.15) is 0 Å². The van der Waals surface area contributed by atoms with Crippen molar-refractivity contribution in [2.45, 2.75) is 48.0 Å². The lowest BCUT2D eigenvalue weighted by Crippen LogP contribution is -2.17. The molecule has 0 aromatic heterocycles. The Labute approximate surface area is 107 Å². The molecule has 1 fully saturated rings. The largest absolute Gasteiger partial charge is 0.381 e. The Morgan fingerprint density at radius 1 is 0.765 bits per heavy atom. The Balaban J connectivity index is 1.99. The van der Waals surface area contributed by atoms with Crippen LogP contribution in [0.5, 0.6) is 0 Å². The van der Waals surface area contributed by atoms with E-state index in [0.29, 0.717) is 0 Å². The summed E-state index contributed by atoms with van der Waals surface area (Å²) in [6.45, 7) is 16.8. The van der Waals surface area contributed by atoms with Crippen molar-refractivity contribution in [1.29, 1.82) is 0 Å². The fourth-order valence-electron chi connectivity index (χ4n) is 1.75. The summed E-state index contributed by atoms with van der Waals surface area (Å²) >= 11 is 0. The predicted octanol–water partition coefficient (Wildman–Crippen LogP) is 3.75. The van der Waals surface area contributed by atoms with Gasteiger partial charge >= 0.3 is 0 Å². The second-order valence-corrected chi connectivity index (χ2v) is 7.91. The molecule has 0 heterocycles. The monoisotopic (exact) mass is 242 g/mol. The van der Waals surface area contributed by atoms with Crippen LogP contribution in [0.15, 0.2) is 0 Å². The zero-order chi connectivity index (χ0) is 13.1. The van der Waals surface area contributed by atoms with Crippen molar-refractivity contribution in [1.82, 2.24) is 0 Å². The van der Waals surface area contributed by atoms with Crippen LogP contribution < -0.4 is 0 Å². The Kier molecular flexibility index (Phi) is 5.03. The highest BCUT2D eigenvalue weighted by Crippen LogP contribution is 2.39. The van der Waals surface area contributed by atoms with Gasteiger partial charge in [-0.15, -0.1) is 0 Å². The van der Waals surface area contributed by atoms with Crippen molar-refractivity contribution < 1.29 is 9.47 Å². The maximum atomic E-state index is 5.74. The third-order valence-electron chi connectivity index (χ3n) is 2.80. The smallest absolute Gasteiger partial charge is 0.0514 e. The summed E-state index contributed by atoms with van der Waals surface area (Å²) in [5.74, 6) is 1.50. The Morgan fingerprint density at radius 3 is 1.41 bits per heavy atom. The molecule has 1 aliphatic carbocycles. The third-order valence-corrected chi connectivity index (χ3v) is 2.80. The molecule has 17 heavy (non-hydrogen) atoms. The molecule has 2 heteroatoms. The summed E-state index contributed by atoms with van der Waals surface area (Å²) < 4.78 is 11.5. The van der Waals surface area contributed by atoms with Crippen molar-refractivity contribution in [3.05, 3.63) is 0 Å². The summed E-state index contributed by atoms with van der Waals surface area (Å²) in [6.07, 6.45) is 1.29. The van der Waals surface area contributed by atoms with Gasteiger partial charge in [0.15, 0.2) is 0 Å². The number of hydrogen-bond acceptors (Lipinski definition) is 2. The molecule has 1 saturated carbocycles. The van der Waals surface area contributed by atoms with E-state index in [1.165, 1.54) is 6.42 Å². The molecule has 0 saturated heterocycles. The van der Waals surface area contributed by atoms with E-state index >= 15 is 0 Å². The molecule has 1 aliphatic rings. The van der Waals surface area contributed by atoms with Crippen molar-refractivity contribution >= 4 is 0 Å². The average molecular weight is 242 g/mol. The van der Waals surface area contributed by atoms with E-state index in [-0.39, 0.29) is 10.8 Å². The molecule has 0 bridgehead atoms. The molecule has 0 aromatic rings. The normalized spacial score (nSPS) is 25.1. The molecule has 0 spiro atoms. The van der Waals surface area contributed by atoms with Crippen LogP contribution in [0.25, 0.3) is 0 Å². The molecule has 2 atom stereocenters. The summed E-state index contributed by atoms with van der Waals surface area (Å²) in [6, 6.07) is 0. The Morgan fingerprint density at radius 2 is 1.12 bits per heavy atom. The van der Waals surface area contributed by atoms with Gasteiger partial charge in [-0.3, -0.25) is 0 Å². The van der Waals surface area contributed by atoms with Crippen LogP contribution in [-0.2, 0) is 9.47 Å². The number of hydrogen-bond donors (Lipinski definition) is 0. The second kappa shape index (κ2) is 5.71. The van der Waals surface area contributed by atoms with Gasteiger partial charge < -0.3 is 9.47 Å². The van der Waals surface area contributed by atoms with Crippen LogP contribution in [0.2, 0.25) is 0 Å². The van der Waals surface area contributed by atoms with Gasteiger partial charge in [0.25, 0.3) is 0 Å². The summed E-state index contributed by atoms with van der Waals surface area (Å²) in [4.78, 5) is 0. The molecule has 0 radical (unpaired) electrons. The van der Waals surface area contributed by atoms with Crippen LogP contribution in [0, 0.1) is 22.7 Å². The first-order chi connectivity index (χ1) is 7.67. The molecule has 0 aromatic carbocycles. The Hall–Kier alpha value is -0.0800. The van der Waals surface area contributed by atoms with E-state index in [1.807, 2.05) is 0 Å². The van der Waals surface area contributed by atoms with Gasteiger partial charge in [-0.05, 0) is 29.1 Å². The summed E-state index contributed by atoms with van der Waals surface area (Å²) in [5.41, 5.74) is 0.570. The van der Waals surface area contributed by atoms with Crippen LogP contribution in [0.1, 0.15) is 48.0 Å². The Bertz CT molecular complexity index is 198. The zero-order valence-electron chi connectivity index (χ0n) is 12.5. The van der Waals surface area contributed by atoms with Crippen molar-refractivity contribution in [2.24, 2.45) is 22.7 Å². The first-order valence-corrected chi connectivity index (χ1v) is 6.83. The second-order valence-electron chi connectivity index (χ2n) is 7.91. The lowest BCUT2D eigenvalue weighted by atomic mass is 9.99. The maximum absolute atomic E-state index is 5.74. The lowest BCUT2D eigenvalue weighted by Gasteiger charge is -2.18. The van der Waals surface area contributed by atoms with Gasteiger partial charge in [-0.1, -0.05) is 41.5 Å². The van der Waals surface area contributed by atoms with Crippen molar-refractivity contribution in [2.75, 3.05) is 26.4 Å². The van der Waals surface area contributed by atoms with E-state index in [4.69, 9.17) is 9.47 Å². The van der Waals surface area contributed by atoms with E-state index in [2.05, 4.69) is 41.5 Å². The molecule has 2 unspecified atom stereocenters. The van der Waals surface area contributed by atoms with Gasteiger partial charge in [-0.25, -0.2) is 0 Å². The first kappa shape index (κ1) is 15.0. The molecule has 0 aliphatic heterocycles. The van der Waals surface area contributed by atoms with Crippen molar-refractivity contribution in [3.63, 3.8) is 0 Å². The van der Waals surface area contributed by atoms with Gasteiger partial charge in [0.2, 0.25) is 0 Å². The fraction of sp³-hybridized carbons (Fsp3) is 1.00. The van der Waals surface area contributed by atoms with Crippen molar-refractivity contribution in [3.8, 4) is 0 Å². The van der Waals surface area contributed by atoms with E-state index < -0.39 is 0 Å². The highest BCUT2D eigenvalue weighted by molar-refractivity contribution is 4.86. The minimum absolute atomic E-state index is 0.285. The lowest BCUT2D eigenvalue weighted by molar-refractivity contribution is 0.0442. The zero-order valence-corrected chi connectivity index (χ0v) is 12.5. The highest BCUT2D eigenvalue weighted by atomic mass is 16.5. The van der Waals surface area contributed by atoms with Crippen LogP contribution in [-0.4, -0.2) is 26.4 Å². The molecule has 2 nitrogen and oxygen atoms in total. The quantitative estimate of drug-likeness (QED) is 0.706. The standard InChI is InChI=1S/C15H30O2/c1-14(2,3)10-16-8-12-7-13(12)9-17-11-15(4,5)6/h12-13H,7-11H2,1-6H3. The minimum Gasteiger partial charge on any atom is -0.381 e. The highest BCUT2D eigenvalue weighted by Gasteiger charge is 2.37. The van der Waals surface area contributed by atoms with E-state index in [0.717, 1.165) is 38.3 Å². The predicted molar refractivity (Wildman–Crippen MR) is 72.1 cm³/mol. The SMILES string of the molecule is CC(C)(C)COCC1CC1COCC(C)(C)C. The van der Waals surface area contributed by atoms with Crippen LogP contribution >= 0.6 is 0 Å². The topological polar surface area (TPSA) is 18.5 Å². The number of rotatable bonds is 6. The van der Waals surface area contributed by atoms with E-state index in [1.54, 1.807) is 0 Å². The first-order valence-electron chi connectivity index (χ1n) is 6.83. The molecule has 0 amide bonds. The summed E-state index contributed by atoms with van der Waals surface area (Å²) in [5, 5.41) is 0. The molecule has 1 rings (SSSR count). The number of ether oxygens (including phenoxy) is 2. The molecule has 0 N–H and O–H groups in total. The molecular weight excluding hydrogens is 212 g/mol.